The second-order valence-electron chi connectivity index (χ2n) is 6.42. The number of aryl methyl sites for hydroxylation is 2. The molecule has 0 saturated carbocycles. The van der Waals surface area contributed by atoms with Crippen LogP contribution in [0.3, 0.4) is 0 Å². The van der Waals surface area contributed by atoms with Gasteiger partial charge in [0.1, 0.15) is 0 Å². The normalized spacial score (nSPS) is 10.4. The summed E-state index contributed by atoms with van der Waals surface area (Å²) in [5.74, 6) is -0.141. The molecule has 0 atom stereocenters. The Morgan fingerprint density at radius 1 is 0.893 bits per heavy atom. The van der Waals surface area contributed by atoms with E-state index in [1.54, 1.807) is 48.5 Å². The number of carbonyl (C=O) groups is 2. The van der Waals surface area contributed by atoms with E-state index < -0.39 is 5.91 Å². The first-order chi connectivity index (χ1) is 13.4. The summed E-state index contributed by atoms with van der Waals surface area (Å²) >= 11 is 0. The van der Waals surface area contributed by atoms with Gasteiger partial charge in [-0.2, -0.15) is 0 Å². The first-order valence-electron chi connectivity index (χ1n) is 8.77. The minimum absolute atomic E-state index is 0.187. The quantitative estimate of drug-likeness (QED) is 0.614. The number of nitrogens with two attached hydrogens (primary N) is 1. The van der Waals surface area contributed by atoms with Crippen molar-refractivity contribution >= 4 is 23.5 Å². The molecule has 0 bridgehead atoms. The van der Waals surface area contributed by atoms with E-state index in [1.807, 2.05) is 19.9 Å². The minimum atomic E-state index is -0.476. The zero-order valence-electron chi connectivity index (χ0n) is 15.7. The highest BCUT2D eigenvalue weighted by molar-refractivity contribution is 5.94. The van der Waals surface area contributed by atoms with Crippen LogP contribution in [-0.2, 0) is 6.54 Å². The Morgan fingerprint density at radius 2 is 1.46 bits per heavy atom. The first kappa shape index (κ1) is 19.0. The van der Waals surface area contributed by atoms with Crippen LogP contribution in [0.15, 0.2) is 54.6 Å². The molecule has 0 radical (unpaired) electrons. The summed E-state index contributed by atoms with van der Waals surface area (Å²) in [6.45, 7) is 4.18. The van der Waals surface area contributed by atoms with E-state index in [-0.39, 0.29) is 5.91 Å². The van der Waals surface area contributed by atoms with E-state index in [1.165, 1.54) is 0 Å². The molecule has 0 aliphatic rings. The summed E-state index contributed by atoms with van der Waals surface area (Å²) in [6, 6.07) is 15.8. The first-order valence-corrected chi connectivity index (χ1v) is 8.77. The Balaban J connectivity index is 1.59. The van der Waals surface area contributed by atoms with Gasteiger partial charge in [-0.15, -0.1) is 0 Å². The van der Waals surface area contributed by atoms with E-state index in [9.17, 15) is 9.59 Å². The van der Waals surface area contributed by atoms with Crippen LogP contribution in [0.2, 0.25) is 0 Å². The number of hydrogen-bond acceptors (Lipinski definition) is 5. The second-order valence-corrected chi connectivity index (χ2v) is 6.42. The molecule has 7 heteroatoms. The molecule has 0 aliphatic heterocycles. The van der Waals surface area contributed by atoms with Crippen LogP contribution in [0.4, 0.5) is 11.6 Å². The van der Waals surface area contributed by atoms with Crippen molar-refractivity contribution in [2.24, 2.45) is 5.73 Å². The van der Waals surface area contributed by atoms with Gasteiger partial charge in [-0.25, -0.2) is 9.97 Å². The van der Waals surface area contributed by atoms with Gasteiger partial charge in [0.2, 0.25) is 11.9 Å². The summed E-state index contributed by atoms with van der Waals surface area (Å²) in [4.78, 5) is 32.1. The maximum absolute atomic E-state index is 12.3. The third-order valence-electron chi connectivity index (χ3n) is 4.08. The van der Waals surface area contributed by atoms with Crippen molar-refractivity contribution in [1.82, 2.24) is 15.3 Å². The van der Waals surface area contributed by atoms with Gasteiger partial charge in [0.15, 0.2) is 0 Å². The number of aromatic nitrogens is 2. The molecule has 0 unspecified atom stereocenters. The molecular weight excluding hydrogens is 354 g/mol. The van der Waals surface area contributed by atoms with Crippen molar-refractivity contribution in [2.75, 3.05) is 5.32 Å². The van der Waals surface area contributed by atoms with Crippen LogP contribution in [0.25, 0.3) is 0 Å². The maximum Gasteiger partial charge on any atom is 0.251 e. The molecule has 1 heterocycles. The molecule has 28 heavy (non-hydrogen) atoms. The van der Waals surface area contributed by atoms with Gasteiger partial charge >= 0.3 is 0 Å². The predicted molar refractivity (Wildman–Crippen MR) is 107 cm³/mol. The lowest BCUT2D eigenvalue weighted by molar-refractivity contribution is 0.0949. The molecule has 3 aromatic rings. The summed E-state index contributed by atoms with van der Waals surface area (Å²) in [5, 5.41) is 5.98. The zero-order chi connectivity index (χ0) is 20.1. The Bertz CT molecular complexity index is 978. The number of nitrogens with zero attached hydrogens (tertiary/aromatic N) is 2. The van der Waals surface area contributed by atoms with Gasteiger partial charge < -0.3 is 16.4 Å². The fourth-order valence-corrected chi connectivity index (χ4v) is 2.69. The Labute approximate surface area is 163 Å². The van der Waals surface area contributed by atoms with Crippen molar-refractivity contribution in [3.63, 3.8) is 0 Å². The number of hydrogen-bond donors (Lipinski definition) is 3. The molecule has 0 aliphatic carbocycles. The van der Waals surface area contributed by atoms with Crippen molar-refractivity contribution in [3.05, 3.63) is 82.7 Å². The molecule has 0 fully saturated rings. The van der Waals surface area contributed by atoms with E-state index in [4.69, 9.17) is 5.73 Å². The van der Waals surface area contributed by atoms with E-state index in [0.717, 1.165) is 22.6 Å². The minimum Gasteiger partial charge on any atom is -0.366 e. The maximum atomic E-state index is 12.3. The number of benzene rings is 2. The lowest BCUT2D eigenvalue weighted by Crippen LogP contribution is -2.22. The van der Waals surface area contributed by atoms with E-state index in [0.29, 0.717) is 23.6 Å². The zero-order valence-corrected chi connectivity index (χ0v) is 15.7. The second kappa shape index (κ2) is 8.30. The predicted octanol–water partition coefficient (Wildman–Crippen LogP) is 2.87. The van der Waals surface area contributed by atoms with Crippen LogP contribution in [0.5, 0.6) is 0 Å². The number of primary amides is 1. The van der Waals surface area contributed by atoms with Crippen molar-refractivity contribution < 1.29 is 9.59 Å². The number of nitrogens with one attached hydrogen (secondary N) is 2. The molecule has 3 rings (SSSR count). The van der Waals surface area contributed by atoms with Gasteiger partial charge in [0, 0.05) is 34.7 Å². The van der Waals surface area contributed by atoms with Crippen LogP contribution in [-0.4, -0.2) is 21.8 Å². The molecular formula is C21H21N5O2. The van der Waals surface area contributed by atoms with Crippen LogP contribution in [0.1, 0.15) is 37.7 Å². The third kappa shape index (κ3) is 4.91. The molecule has 4 N–H and O–H groups in total. The Hall–Kier alpha value is -3.74. The standard InChI is InChI=1S/C21H21N5O2/c1-13-11-14(2)25-21(24-13)26-18-9-7-17(8-10-18)20(28)23-12-15-3-5-16(6-4-15)19(22)27/h3-11H,12H2,1-2H3,(H2,22,27)(H,23,28)(H,24,25,26). The topological polar surface area (TPSA) is 110 Å². The fourth-order valence-electron chi connectivity index (χ4n) is 2.69. The monoisotopic (exact) mass is 375 g/mol. The smallest absolute Gasteiger partial charge is 0.251 e. The van der Waals surface area contributed by atoms with Gasteiger partial charge in [0.25, 0.3) is 5.91 Å². The number of rotatable bonds is 6. The van der Waals surface area contributed by atoms with Crippen molar-refractivity contribution in [1.29, 1.82) is 0 Å². The van der Waals surface area contributed by atoms with E-state index in [2.05, 4.69) is 20.6 Å². The summed E-state index contributed by atoms with van der Waals surface area (Å²) < 4.78 is 0. The largest absolute Gasteiger partial charge is 0.366 e. The Morgan fingerprint density at radius 3 is 2.04 bits per heavy atom. The highest BCUT2D eigenvalue weighted by Gasteiger charge is 2.07. The highest BCUT2D eigenvalue weighted by Crippen LogP contribution is 2.15. The van der Waals surface area contributed by atoms with Crippen molar-refractivity contribution in [2.45, 2.75) is 20.4 Å². The fraction of sp³-hybridized carbons (Fsp3) is 0.143. The molecule has 0 saturated heterocycles. The molecule has 2 aromatic carbocycles. The highest BCUT2D eigenvalue weighted by atomic mass is 16.2. The van der Waals surface area contributed by atoms with Crippen LogP contribution < -0.4 is 16.4 Å². The average molecular weight is 375 g/mol. The third-order valence-corrected chi connectivity index (χ3v) is 4.08. The molecule has 142 valence electrons. The van der Waals surface area contributed by atoms with Gasteiger partial charge in [-0.3, -0.25) is 9.59 Å². The lowest BCUT2D eigenvalue weighted by Gasteiger charge is -2.09. The van der Waals surface area contributed by atoms with Crippen LogP contribution in [0, 0.1) is 13.8 Å². The molecule has 1 aromatic heterocycles. The number of anilines is 2. The molecule has 7 nitrogen and oxygen atoms in total. The average Bonchev–Trinajstić information content (AvgIpc) is 2.66. The van der Waals surface area contributed by atoms with Gasteiger partial charge in [-0.05, 0) is 61.9 Å². The summed E-state index contributed by atoms with van der Waals surface area (Å²) in [5.41, 5.74) is 9.64. The molecule has 0 spiro atoms. The van der Waals surface area contributed by atoms with Crippen LogP contribution >= 0.6 is 0 Å². The SMILES string of the molecule is Cc1cc(C)nc(Nc2ccc(C(=O)NCc3ccc(C(N)=O)cc3)cc2)n1. The Kier molecular flexibility index (Phi) is 5.64. The summed E-state index contributed by atoms with van der Waals surface area (Å²) in [6.07, 6.45) is 0. The molecule has 2 amide bonds. The van der Waals surface area contributed by atoms with Gasteiger partial charge in [-0.1, -0.05) is 12.1 Å². The van der Waals surface area contributed by atoms with Gasteiger partial charge in [0.05, 0.1) is 0 Å². The van der Waals surface area contributed by atoms with E-state index >= 15 is 0 Å². The number of carbonyl (C=O) groups excluding carboxylic acids is 2. The number of amides is 2. The van der Waals surface area contributed by atoms with Crippen molar-refractivity contribution in [3.8, 4) is 0 Å². The summed E-state index contributed by atoms with van der Waals surface area (Å²) in [7, 11) is 0. The lowest BCUT2D eigenvalue weighted by atomic mass is 10.1.